The molecule has 0 saturated heterocycles. The highest BCUT2D eigenvalue weighted by Crippen LogP contribution is 2.21. The standard InChI is InChI=1S/C11H8N4OS/c16-10(15-11-12-3-1-4-13-11)8-6-9-7(14-8)2-5-17-9/h1-6,14H,(H,12,13,15,16). The van der Waals surface area contributed by atoms with Crippen LogP contribution in [0.25, 0.3) is 10.2 Å². The van der Waals surface area contributed by atoms with Gasteiger partial charge in [-0.1, -0.05) is 0 Å². The molecule has 3 rings (SSSR count). The Kier molecular flexibility index (Phi) is 2.34. The molecule has 0 spiro atoms. The van der Waals surface area contributed by atoms with Gasteiger partial charge in [-0.2, -0.15) is 0 Å². The van der Waals surface area contributed by atoms with Crippen molar-refractivity contribution in [2.24, 2.45) is 0 Å². The van der Waals surface area contributed by atoms with Crippen molar-refractivity contribution in [2.45, 2.75) is 0 Å². The molecular formula is C11H8N4OS. The molecule has 3 aromatic rings. The second-order valence-corrected chi connectivity index (χ2v) is 4.36. The van der Waals surface area contributed by atoms with Crippen LogP contribution in [0.15, 0.2) is 36.0 Å². The highest BCUT2D eigenvalue weighted by Gasteiger charge is 2.11. The van der Waals surface area contributed by atoms with Crippen LogP contribution in [0.5, 0.6) is 0 Å². The van der Waals surface area contributed by atoms with Gasteiger partial charge in [-0.05, 0) is 23.6 Å². The van der Waals surface area contributed by atoms with Gasteiger partial charge in [0, 0.05) is 12.4 Å². The van der Waals surface area contributed by atoms with Gasteiger partial charge in [0.2, 0.25) is 5.95 Å². The first kappa shape index (κ1) is 9.98. The van der Waals surface area contributed by atoms with Crippen LogP contribution in [0, 0.1) is 0 Å². The highest BCUT2D eigenvalue weighted by atomic mass is 32.1. The zero-order chi connectivity index (χ0) is 11.7. The number of rotatable bonds is 2. The lowest BCUT2D eigenvalue weighted by atomic mass is 10.4. The molecule has 0 radical (unpaired) electrons. The molecule has 17 heavy (non-hydrogen) atoms. The Morgan fingerprint density at radius 2 is 2.18 bits per heavy atom. The molecule has 0 unspecified atom stereocenters. The lowest BCUT2D eigenvalue weighted by Gasteiger charge is -1.99. The number of anilines is 1. The van der Waals surface area contributed by atoms with Crippen LogP contribution in [0.3, 0.4) is 0 Å². The second-order valence-electron chi connectivity index (χ2n) is 3.41. The van der Waals surface area contributed by atoms with Gasteiger partial charge >= 0.3 is 0 Å². The molecule has 3 heterocycles. The quantitative estimate of drug-likeness (QED) is 0.726. The molecule has 6 heteroatoms. The number of fused-ring (bicyclic) bond motifs is 1. The summed E-state index contributed by atoms with van der Waals surface area (Å²) in [6.07, 6.45) is 3.16. The molecule has 3 aromatic heterocycles. The molecule has 0 bridgehead atoms. The number of hydrogen-bond donors (Lipinski definition) is 2. The summed E-state index contributed by atoms with van der Waals surface area (Å²) >= 11 is 1.59. The van der Waals surface area contributed by atoms with Gasteiger partial charge in [-0.3, -0.25) is 10.1 Å². The van der Waals surface area contributed by atoms with E-state index < -0.39 is 0 Å². The van der Waals surface area contributed by atoms with Crippen molar-refractivity contribution in [1.82, 2.24) is 15.0 Å². The van der Waals surface area contributed by atoms with Gasteiger partial charge < -0.3 is 4.98 Å². The van der Waals surface area contributed by atoms with E-state index in [1.54, 1.807) is 29.8 Å². The molecule has 0 aliphatic carbocycles. The number of carbonyl (C=O) groups is 1. The summed E-state index contributed by atoms with van der Waals surface area (Å²) in [5.41, 5.74) is 1.48. The van der Waals surface area contributed by atoms with Gasteiger partial charge in [0.25, 0.3) is 5.91 Å². The molecule has 0 saturated carbocycles. The minimum Gasteiger partial charge on any atom is -0.350 e. The Bertz CT molecular complexity index is 630. The van der Waals surface area contributed by atoms with Crippen LogP contribution in [-0.2, 0) is 0 Å². The normalized spacial score (nSPS) is 10.6. The molecule has 84 valence electrons. The Morgan fingerprint density at radius 1 is 1.35 bits per heavy atom. The summed E-state index contributed by atoms with van der Waals surface area (Å²) in [5.74, 6) is 0.0649. The average molecular weight is 244 g/mol. The maximum absolute atomic E-state index is 11.9. The van der Waals surface area contributed by atoms with E-state index >= 15 is 0 Å². The van der Waals surface area contributed by atoms with E-state index in [0.717, 1.165) is 10.2 Å². The number of nitrogens with one attached hydrogen (secondary N) is 2. The molecule has 0 aliphatic heterocycles. The summed E-state index contributed by atoms with van der Waals surface area (Å²) in [4.78, 5) is 22.8. The highest BCUT2D eigenvalue weighted by molar-refractivity contribution is 7.17. The summed E-state index contributed by atoms with van der Waals surface area (Å²) in [6, 6.07) is 5.45. The number of thiophene rings is 1. The third kappa shape index (κ3) is 1.90. The first-order valence-electron chi connectivity index (χ1n) is 4.97. The Balaban J connectivity index is 1.85. The van der Waals surface area contributed by atoms with Crippen molar-refractivity contribution >= 4 is 33.4 Å². The van der Waals surface area contributed by atoms with E-state index in [1.807, 2.05) is 17.5 Å². The van der Waals surface area contributed by atoms with Crippen molar-refractivity contribution in [3.05, 3.63) is 41.7 Å². The van der Waals surface area contributed by atoms with Crippen molar-refractivity contribution in [2.75, 3.05) is 5.32 Å². The van der Waals surface area contributed by atoms with Gasteiger partial charge in [-0.25, -0.2) is 9.97 Å². The number of hydrogen-bond acceptors (Lipinski definition) is 4. The number of amides is 1. The second kappa shape index (κ2) is 3.99. The van der Waals surface area contributed by atoms with Crippen molar-refractivity contribution in [3.8, 4) is 0 Å². The summed E-state index contributed by atoms with van der Waals surface area (Å²) in [5, 5.41) is 4.60. The van der Waals surface area contributed by atoms with Crippen molar-refractivity contribution < 1.29 is 4.79 Å². The minimum absolute atomic E-state index is 0.236. The minimum atomic E-state index is -0.236. The van der Waals surface area contributed by atoms with Gasteiger partial charge in [-0.15, -0.1) is 11.3 Å². The topological polar surface area (TPSA) is 70.7 Å². The fourth-order valence-electron chi connectivity index (χ4n) is 1.50. The van der Waals surface area contributed by atoms with Gasteiger partial charge in [0.05, 0.1) is 10.2 Å². The van der Waals surface area contributed by atoms with Crippen LogP contribution >= 0.6 is 11.3 Å². The summed E-state index contributed by atoms with van der Waals surface area (Å²) < 4.78 is 1.06. The van der Waals surface area contributed by atoms with Crippen LogP contribution < -0.4 is 5.32 Å². The molecule has 0 atom stereocenters. The monoisotopic (exact) mass is 244 g/mol. The number of nitrogens with zero attached hydrogens (tertiary/aromatic N) is 2. The van der Waals surface area contributed by atoms with Crippen molar-refractivity contribution in [1.29, 1.82) is 0 Å². The Labute approximate surface area is 101 Å². The molecule has 5 nitrogen and oxygen atoms in total. The molecular weight excluding hydrogens is 236 g/mol. The Hall–Kier alpha value is -2.21. The lowest BCUT2D eigenvalue weighted by Crippen LogP contribution is -2.14. The summed E-state index contributed by atoms with van der Waals surface area (Å²) in [7, 11) is 0. The Morgan fingerprint density at radius 3 is 2.94 bits per heavy atom. The molecule has 1 amide bonds. The smallest absolute Gasteiger partial charge is 0.274 e. The van der Waals surface area contributed by atoms with E-state index in [4.69, 9.17) is 0 Å². The fraction of sp³-hybridized carbons (Fsp3) is 0. The van der Waals surface area contributed by atoms with E-state index in [0.29, 0.717) is 11.6 Å². The zero-order valence-corrected chi connectivity index (χ0v) is 9.49. The molecule has 0 aromatic carbocycles. The van der Waals surface area contributed by atoms with Gasteiger partial charge in [0.15, 0.2) is 0 Å². The third-order valence-electron chi connectivity index (χ3n) is 2.28. The number of aromatic nitrogens is 3. The lowest BCUT2D eigenvalue weighted by molar-refractivity contribution is 0.102. The number of aromatic amines is 1. The average Bonchev–Trinajstić information content (AvgIpc) is 2.90. The molecule has 0 aliphatic rings. The van der Waals surface area contributed by atoms with E-state index in [9.17, 15) is 4.79 Å². The fourth-order valence-corrected chi connectivity index (χ4v) is 2.29. The van der Waals surface area contributed by atoms with Crippen LogP contribution in [-0.4, -0.2) is 20.9 Å². The van der Waals surface area contributed by atoms with Crippen LogP contribution in [0.4, 0.5) is 5.95 Å². The predicted octanol–water partition coefficient (Wildman–Crippen LogP) is 2.27. The van der Waals surface area contributed by atoms with E-state index in [2.05, 4.69) is 20.3 Å². The molecule has 2 N–H and O–H groups in total. The predicted molar refractivity (Wildman–Crippen MR) is 66.2 cm³/mol. The maximum Gasteiger partial charge on any atom is 0.274 e. The zero-order valence-electron chi connectivity index (χ0n) is 8.68. The van der Waals surface area contributed by atoms with Gasteiger partial charge in [0.1, 0.15) is 5.69 Å². The first-order valence-corrected chi connectivity index (χ1v) is 5.85. The number of carbonyl (C=O) groups excluding carboxylic acids is 1. The van der Waals surface area contributed by atoms with E-state index in [-0.39, 0.29) is 5.91 Å². The van der Waals surface area contributed by atoms with Crippen molar-refractivity contribution in [3.63, 3.8) is 0 Å². The van der Waals surface area contributed by atoms with Crippen LogP contribution in [0.2, 0.25) is 0 Å². The summed E-state index contributed by atoms with van der Waals surface area (Å²) in [6.45, 7) is 0. The first-order chi connectivity index (χ1) is 8.33. The van der Waals surface area contributed by atoms with Crippen LogP contribution in [0.1, 0.15) is 10.5 Å². The van der Waals surface area contributed by atoms with E-state index in [1.165, 1.54) is 0 Å². The third-order valence-corrected chi connectivity index (χ3v) is 3.14. The number of H-pyrrole nitrogens is 1. The maximum atomic E-state index is 11.9. The molecule has 0 fully saturated rings. The largest absolute Gasteiger partial charge is 0.350 e. The SMILES string of the molecule is O=C(Nc1ncccn1)c1cc2sccc2[nH]1.